The second kappa shape index (κ2) is 6.74. The Morgan fingerprint density at radius 2 is 1.93 bits per heavy atom. The van der Waals surface area contributed by atoms with Crippen molar-refractivity contribution in [2.45, 2.75) is 56.8 Å². The van der Waals surface area contributed by atoms with Gasteiger partial charge in [0.05, 0.1) is 11.1 Å². The molecule has 4 amide bonds. The third-order valence-corrected chi connectivity index (χ3v) is 7.01. The molecule has 1 saturated heterocycles. The molecule has 0 spiro atoms. The fourth-order valence-electron chi connectivity index (χ4n) is 5.43. The predicted molar refractivity (Wildman–Crippen MR) is 103 cm³/mol. The van der Waals surface area contributed by atoms with Gasteiger partial charge in [-0.05, 0) is 49.1 Å². The lowest BCUT2D eigenvalue weighted by Gasteiger charge is -2.37. The average molecular weight is 396 g/mol. The monoisotopic (exact) mass is 396 g/mol. The van der Waals surface area contributed by atoms with Gasteiger partial charge in [0.1, 0.15) is 6.04 Å². The summed E-state index contributed by atoms with van der Waals surface area (Å²) in [5.41, 5.74) is 7.53. The van der Waals surface area contributed by atoms with Gasteiger partial charge in [-0.15, -0.1) is 0 Å². The van der Waals surface area contributed by atoms with Crippen molar-refractivity contribution in [3.63, 3.8) is 0 Å². The van der Waals surface area contributed by atoms with Crippen LogP contribution in [0.4, 0.5) is 0 Å². The normalized spacial score (nSPS) is 33.4. The van der Waals surface area contributed by atoms with Crippen molar-refractivity contribution < 1.29 is 19.2 Å². The number of nitrogens with zero attached hydrogens (tertiary/aromatic N) is 1. The minimum absolute atomic E-state index is 0.115. The third kappa shape index (κ3) is 2.89. The number of rotatable bonds is 4. The number of amides is 4. The summed E-state index contributed by atoms with van der Waals surface area (Å²) < 4.78 is 0. The Kier molecular flexibility index (Phi) is 4.29. The summed E-state index contributed by atoms with van der Waals surface area (Å²) in [6, 6.07) is 4.98. The average Bonchev–Trinajstić information content (AvgIpc) is 3.15. The number of nitrogens with one attached hydrogen (secondary N) is 2. The number of carbonyl (C=O) groups excluding carboxylic acids is 4. The van der Waals surface area contributed by atoms with Crippen LogP contribution in [-0.2, 0) is 16.1 Å². The highest BCUT2D eigenvalue weighted by molar-refractivity contribution is 6.24. The highest BCUT2D eigenvalue weighted by Crippen LogP contribution is 2.46. The molecule has 1 aromatic carbocycles. The first kappa shape index (κ1) is 18.4. The van der Waals surface area contributed by atoms with E-state index < -0.39 is 23.8 Å². The van der Waals surface area contributed by atoms with Crippen molar-refractivity contribution >= 4 is 23.6 Å². The Balaban J connectivity index is 1.34. The predicted octanol–water partition coefficient (Wildman–Crippen LogP) is 0.303. The number of benzene rings is 1. The van der Waals surface area contributed by atoms with Gasteiger partial charge >= 0.3 is 0 Å². The first-order chi connectivity index (χ1) is 13.9. The molecule has 2 aliphatic heterocycles. The minimum atomic E-state index is -0.937. The molecule has 2 unspecified atom stereocenters. The van der Waals surface area contributed by atoms with Crippen molar-refractivity contribution in [3.05, 3.63) is 34.9 Å². The van der Waals surface area contributed by atoms with Gasteiger partial charge in [0, 0.05) is 25.0 Å². The molecule has 0 bridgehead atoms. The van der Waals surface area contributed by atoms with E-state index in [1.54, 1.807) is 12.1 Å². The van der Waals surface area contributed by atoms with E-state index in [-0.39, 0.29) is 18.7 Å². The van der Waals surface area contributed by atoms with E-state index in [0.29, 0.717) is 41.6 Å². The van der Waals surface area contributed by atoms with Crippen LogP contribution < -0.4 is 16.4 Å². The minimum Gasteiger partial charge on any atom is -0.327 e. The zero-order chi connectivity index (χ0) is 20.3. The summed E-state index contributed by atoms with van der Waals surface area (Å²) in [5, 5.41) is 5.75. The van der Waals surface area contributed by atoms with Crippen LogP contribution >= 0.6 is 0 Å². The molecule has 0 radical (unpaired) electrons. The van der Waals surface area contributed by atoms with Crippen LogP contribution in [0.3, 0.4) is 0 Å². The van der Waals surface area contributed by atoms with E-state index >= 15 is 0 Å². The molecule has 2 aliphatic carbocycles. The lowest BCUT2D eigenvalue weighted by Crippen LogP contribution is -2.54. The van der Waals surface area contributed by atoms with Gasteiger partial charge in [0.15, 0.2) is 0 Å². The highest BCUT2D eigenvalue weighted by atomic mass is 16.2. The fraction of sp³-hybridized carbons (Fsp3) is 0.524. The van der Waals surface area contributed by atoms with Gasteiger partial charge in [-0.1, -0.05) is 12.1 Å². The van der Waals surface area contributed by atoms with E-state index in [9.17, 15) is 19.2 Å². The van der Waals surface area contributed by atoms with Crippen LogP contribution in [0, 0.1) is 11.8 Å². The largest absolute Gasteiger partial charge is 0.327 e. The summed E-state index contributed by atoms with van der Waals surface area (Å²) in [6.07, 6.45) is 3.52. The smallest absolute Gasteiger partial charge is 0.262 e. The van der Waals surface area contributed by atoms with Crippen LogP contribution in [0.1, 0.15) is 58.4 Å². The van der Waals surface area contributed by atoms with Gasteiger partial charge in [-0.2, -0.15) is 0 Å². The summed E-state index contributed by atoms with van der Waals surface area (Å²) in [4.78, 5) is 50.6. The van der Waals surface area contributed by atoms with Crippen molar-refractivity contribution in [2.75, 3.05) is 0 Å². The van der Waals surface area contributed by atoms with Gasteiger partial charge in [0.25, 0.3) is 11.8 Å². The molecule has 152 valence electrons. The van der Waals surface area contributed by atoms with Gasteiger partial charge < -0.3 is 11.1 Å². The summed E-state index contributed by atoms with van der Waals surface area (Å²) in [6.45, 7) is 0.491. The standard InChI is InChI=1S/C21H24N4O4/c22-15-7-11-6-12(8-14(11)15)23-9-10-2-1-3-13-18(10)21(29)25(20(13)28)16-4-5-17(26)24-19(16)27/h1-3,11-12,14-16,23H,4-9,22H2,(H,24,26,27)/t11-,12?,14-,15+,16?/m0/s1. The molecule has 3 fully saturated rings. The van der Waals surface area contributed by atoms with Crippen LogP contribution in [0.15, 0.2) is 18.2 Å². The second-order valence-electron chi connectivity index (χ2n) is 8.66. The lowest BCUT2D eigenvalue weighted by molar-refractivity contribution is -0.136. The number of fused-ring (bicyclic) bond motifs is 2. The molecule has 8 nitrogen and oxygen atoms in total. The first-order valence-corrected chi connectivity index (χ1v) is 10.3. The number of hydrogen-bond acceptors (Lipinski definition) is 6. The highest BCUT2D eigenvalue weighted by Gasteiger charge is 2.47. The lowest BCUT2D eigenvalue weighted by atomic mass is 9.72. The first-order valence-electron chi connectivity index (χ1n) is 10.3. The topological polar surface area (TPSA) is 122 Å². The van der Waals surface area contributed by atoms with Gasteiger partial charge in [0.2, 0.25) is 11.8 Å². The van der Waals surface area contributed by atoms with Crippen molar-refractivity contribution in [3.8, 4) is 0 Å². The summed E-state index contributed by atoms with van der Waals surface area (Å²) >= 11 is 0. The quantitative estimate of drug-likeness (QED) is 0.630. The van der Waals surface area contributed by atoms with Gasteiger partial charge in [-0.3, -0.25) is 29.4 Å². The van der Waals surface area contributed by atoms with E-state index in [0.717, 1.165) is 29.7 Å². The van der Waals surface area contributed by atoms with E-state index in [1.807, 2.05) is 6.07 Å². The molecular weight excluding hydrogens is 372 g/mol. The molecular formula is C21H24N4O4. The van der Waals surface area contributed by atoms with Crippen LogP contribution in [0.2, 0.25) is 0 Å². The maximum atomic E-state index is 13.1. The molecule has 5 atom stereocenters. The molecule has 8 heteroatoms. The van der Waals surface area contributed by atoms with Crippen molar-refractivity contribution in [2.24, 2.45) is 17.6 Å². The molecule has 0 aromatic heterocycles. The van der Waals surface area contributed by atoms with Crippen molar-refractivity contribution in [1.82, 2.24) is 15.5 Å². The number of imide groups is 2. The molecule has 2 heterocycles. The van der Waals surface area contributed by atoms with Crippen LogP contribution in [-0.4, -0.2) is 46.7 Å². The number of piperidine rings is 1. The number of nitrogens with two attached hydrogens (primary N) is 1. The Morgan fingerprint density at radius 3 is 2.66 bits per heavy atom. The Hall–Kier alpha value is -2.58. The Bertz CT molecular complexity index is 929. The van der Waals surface area contributed by atoms with Crippen molar-refractivity contribution in [1.29, 1.82) is 0 Å². The van der Waals surface area contributed by atoms with Crippen LogP contribution in [0.5, 0.6) is 0 Å². The molecule has 5 rings (SSSR count). The Morgan fingerprint density at radius 1 is 1.10 bits per heavy atom. The molecule has 4 N–H and O–H groups in total. The second-order valence-corrected chi connectivity index (χ2v) is 8.66. The molecule has 29 heavy (non-hydrogen) atoms. The third-order valence-electron chi connectivity index (χ3n) is 7.01. The van der Waals surface area contributed by atoms with E-state index in [1.165, 1.54) is 0 Å². The SMILES string of the molecule is N[C@@H]1C[C@@H]2CC(NCc3cccc4c3C(=O)N(C3CCC(=O)NC3=O)C4=O)C[C@@H]21. The fourth-order valence-corrected chi connectivity index (χ4v) is 5.43. The number of hydrogen-bond donors (Lipinski definition) is 3. The maximum Gasteiger partial charge on any atom is 0.262 e. The van der Waals surface area contributed by atoms with Gasteiger partial charge in [-0.25, -0.2) is 0 Å². The molecule has 2 saturated carbocycles. The maximum absolute atomic E-state index is 13.1. The molecule has 4 aliphatic rings. The Labute approximate surface area is 168 Å². The van der Waals surface area contributed by atoms with E-state index in [4.69, 9.17) is 5.73 Å². The zero-order valence-electron chi connectivity index (χ0n) is 16.0. The zero-order valence-corrected chi connectivity index (χ0v) is 16.0. The summed E-state index contributed by atoms with van der Waals surface area (Å²) in [7, 11) is 0. The molecule has 1 aromatic rings. The summed E-state index contributed by atoms with van der Waals surface area (Å²) in [5.74, 6) is -0.585. The number of carbonyl (C=O) groups is 4. The van der Waals surface area contributed by atoms with E-state index in [2.05, 4.69) is 10.6 Å². The van der Waals surface area contributed by atoms with Crippen LogP contribution in [0.25, 0.3) is 0 Å².